The van der Waals surface area contributed by atoms with Gasteiger partial charge in [0, 0.05) is 19.0 Å². The first-order valence-electron chi connectivity index (χ1n) is 6.73. The Kier molecular flexibility index (Phi) is 3.90. The van der Waals surface area contributed by atoms with Crippen molar-refractivity contribution < 1.29 is 14.7 Å². The lowest BCUT2D eigenvalue weighted by Gasteiger charge is -2.22. The highest BCUT2D eigenvalue weighted by Gasteiger charge is 2.42. The van der Waals surface area contributed by atoms with Gasteiger partial charge in [0.15, 0.2) is 0 Å². The minimum Gasteiger partial charge on any atom is -0.394 e. The van der Waals surface area contributed by atoms with Crippen LogP contribution in [0.4, 0.5) is 0 Å². The molecule has 0 radical (unpaired) electrons. The van der Waals surface area contributed by atoms with Crippen LogP contribution in [0.3, 0.4) is 0 Å². The number of likely N-dealkylation sites (tertiary alicyclic amines) is 1. The van der Waals surface area contributed by atoms with Gasteiger partial charge >= 0.3 is 0 Å². The predicted molar refractivity (Wildman–Crippen MR) is 66.7 cm³/mol. The van der Waals surface area contributed by atoms with E-state index >= 15 is 0 Å². The molecule has 0 aromatic rings. The summed E-state index contributed by atoms with van der Waals surface area (Å²) in [4.78, 5) is 25.6. The zero-order valence-electron chi connectivity index (χ0n) is 11.1. The summed E-state index contributed by atoms with van der Waals surface area (Å²) in [5.41, 5.74) is 0. The van der Waals surface area contributed by atoms with Crippen LogP contribution in [0.25, 0.3) is 0 Å². The number of carbonyl (C=O) groups is 2. The molecule has 5 nitrogen and oxygen atoms in total. The summed E-state index contributed by atoms with van der Waals surface area (Å²) >= 11 is 0. The Hall–Kier alpha value is -1.10. The van der Waals surface area contributed by atoms with E-state index in [0.717, 1.165) is 12.8 Å². The van der Waals surface area contributed by atoms with Crippen LogP contribution in [0.15, 0.2) is 0 Å². The number of aliphatic hydroxyl groups is 1. The van der Waals surface area contributed by atoms with E-state index in [1.807, 2.05) is 18.7 Å². The first-order valence-corrected chi connectivity index (χ1v) is 6.73. The first-order chi connectivity index (χ1) is 8.52. The molecule has 2 N–H and O–H groups in total. The molecule has 2 fully saturated rings. The fraction of sp³-hybridized carbons (Fsp3) is 0.846. The van der Waals surface area contributed by atoms with Crippen molar-refractivity contribution in [2.45, 2.75) is 45.2 Å². The van der Waals surface area contributed by atoms with Gasteiger partial charge in [0.05, 0.1) is 18.6 Å². The zero-order valence-corrected chi connectivity index (χ0v) is 11.1. The molecular weight excluding hydrogens is 232 g/mol. The van der Waals surface area contributed by atoms with Gasteiger partial charge in [-0.1, -0.05) is 13.8 Å². The van der Waals surface area contributed by atoms with Crippen molar-refractivity contribution >= 4 is 11.8 Å². The molecule has 1 unspecified atom stereocenters. The summed E-state index contributed by atoms with van der Waals surface area (Å²) in [6.45, 7) is 4.40. The van der Waals surface area contributed by atoms with E-state index in [4.69, 9.17) is 0 Å². The Bertz CT molecular complexity index is 339. The third kappa shape index (κ3) is 2.83. The molecule has 102 valence electrons. The molecule has 2 rings (SSSR count). The molecule has 2 amide bonds. The van der Waals surface area contributed by atoms with Gasteiger partial charge in [-0.25, -0.2) is 0 Å². The Morgan fingerprint density at radius 2 is 2.17 bits per heavy atom. The van der Waals surface area contributed by atoms with Crippen LogP contribution >= 0.6 is 0 Å². The highest BCUT2D eigenvalue weighted by atomic mass is 16.3. The molecule has 0 bridgehead atoms. The summed E-state index contributed by atoms with van der Waals surface area (Å²) in [6, 6.07) is 0.164. The molecule has 1 heterocycles. The van der Waals surface area contributed by atoms with Gasteiger partial charge < -0.3 is 15.3 Å². The van der Waals surface area contributed by atoms with Crippen molar-refractivity contribution in [1.29, 1.82) is 0 Å². The number of amides is 2. The average Bonchev–Trinajstić information content (AvgIpc) is 3.08. The standard InChI is InChI=1S/C13H22N2O3/c1-8(2)11(7-16)14-13(18)9-5-12(17)15(6-9)10-3-4-10/h8-11,16H,3-7H2,1-2H3,(H,14,18)/t9?,11-/m1/s1. The molecule has 18 heavy (non-hydrogen) atoms. The van der Waals surface area contributed by atoms with Crippen LogP contribution in [0, 0.1) is 11.8 Å². The highest BCUT2D eigenvalue weighted by Crippen LogP contribution is 2.32. The van der Waals surface area contributed by atoms with Crippen LogP contribution in [-0.4, -0.2) is 47.1 Å². The first kappa shape index (κ1) is 13.3. The van der Waals surface area contributed by atoms with Gasteiger partial charge in [0.1, 0.15) is 0 Å². The Balaban J connectivity index is 1.88. The molecule has 2 atom stereocenters. The van der Waals surface area contributed by atoms with Crippen LogP contribution in [0.5, 0.6) is 0 Å². The predicted octanol–water partition coefficient (Wildman–Crippen LogP) is 0.130. The van der Waals surface area contributed by atoms with E-state index in [0.29, 0.717) is 19.0 Å². The second kappa shape index (κ2) is 5.26. The number of rotatable bonds is 5. The maximum absolute atomic E-state index is 12.1. The lowest BCUT2D eigenvalue weighted by atomic mass is 10.0. The van der Waals surface area contributed by atoms with Gasteiger partial charge in [0.2, 0.25) is 11.8 Å². The van der Waals surface area contributed by atoms with Crippen molar-refractivity contribution in [1.82, 2.24) is 10.2 Å². The van der Waals surface area contributed by atoms with Gasteiger partial charge in [-0.2, -0.15) is 0 Å². The van der Waals surface area contributed by atoms with Crippen molar-refractivity contribution in [2.24, 2.45) is 11.8 Å². The quantitative estimate of drug-likeness (QED) is 0.732. The Morgan fingerprint density at radius 3 is 2.67 bits per heavy atom. The highest BCUT2D eigenvalue weighted by molar-refractivity contribution is 5.89. The van der Waals surface area contributed by atoms with Crippen LogP contribution in [-0.2, 0) is 9.59 Å². The minimum atomic E-state index is -0.245. The molecule has 0 spiro atoms. The third-order valence-corrected chi connectivity index (χ3v) is 3.85. The molecule has 1 saturated carbocycles. The van der Waals surface area contributed by atoms with Crippen molar-refractivity contribution in [3.8, 4) is 0 Å². The summed E-state index contributed by atoms with van der Waals surface area (Å²) in [7, 11) is 0. The maximum atomic E-state index is 12.1. The van der Waals surface area contributed by atoms with E-state index in [9.17, 15) is 14.7 Å². The largest absolute Gasteiger partial charge is 0.394 e. The summed E-state index contributed by atoms with van der Waals surface area (Å²) < 4.78 is 0. The van der Waals surface area contributed by atoms with Gasteiger partial charge in [-0.3, -0.25) is 9.59 Å². The van der Waals surface area contributed by atoms with Crippen molar-refractivity contribution in [3.05, 3.63) is 0 Å². The van der Waals surface area contributed by atoms with E-state index in [2.05, 4.69) is 5.32 Å². The van der Waals surface area contributed by atoms with E-state index in [1.165, 1.54) is 0 Å². The smallest absolute Gasteiger partial charge is 0.225 e. The average molecular weight is 254 g/mol. The number of hydrogen-bond donors (Lipinski definition) is 2. The lowest BCUT2D eigenvalue weighted by molar-refractivity contribution is -0.129. The van der Waals surface area contributed by atoms with Gasteiger partial charge in [-0.15, -0.1) is 0 Å². The van der Waals surface area contributed by atoms with E-state index in [-0.39, 0.29) is 36.3 Å². The SMILES string of the molecule is CC(C)[C@@H](CO)NC(=O)C1CC(=O)N(C2CC2)C1. The minimum absolute atomic E-state index is 0.0591. The second-order valence-electron chi connectivity index (χ2n) is 5.72. The number of carbonyl (C=O) groups excluding carboxylic acids is 2. The Morgan fingerprint density at radius 1 is 1.50 bits per heavy atom. The lowest BCUT2D eigenvalue weighted by Crippen LogP contribution is -2.44. The summed E-state index contributed by atoms with van der Waals surface area (Å²) in [5.74, 6) is -0.0523. The second-order valence-corrected chi connectivity index (χ2v) is 5.72. The Labute approximate surface area is 108 Å². The fourth-order valence-electron chi connectivity index (χ4n) is 2.37. The van der Waals surface area contributed by atoms with Crippen molar-refractivity contribution in [2.75, 3.05) is 13.2 Å². The van der Waals surface area contributed by atoms with Crippen molar-refractivity contribution in [3.63, 3.8) is 0 Å². The maximum Gasteiger partial charge on any atom is 0.225 e. The number of nitrogens with zero attached hydrogens (tertiary/aromatic N) is 1. The van der Waals surface area contributed by atoms with E-state index in [1.54, 1.807) is 0 Å². The van der Waals surface area contributed by atoms with Crippen LogP contribution in [0.2, 0.25) is 0 Å². The number of aliphatic hydroxyl groups excluding tert-OH is 1. The summed E-state index contributed by atoms with van der Waals surface area (Å²) in [6.07, 6.45) is 2.47. The van der Waals surface area contributed by atoms with Crippen LogP contribution < -0.4 is 5.32 Å². The van der Waals surface area contributed by atoms with Gasteiger partial charge in [0.25, 0.3) is 0 Å². The molecule has 1 aliphatic carbocycles. The van der Waals surface area contributed by atoms with Crippen LogP contribution in [0.1, 0.15) is 33.1 Å². The molecular formula is C13H22N2O3. The zero-order chi connectivity index (χ0) is 13.3. The van der Waals surface area contributed by atoms with E-state index < -0.39 is 0 Å². The monoisotopic (exact) mass is 254 g/mol. The molecule has 1 aliphatic heterocycles. The molecule has 0 aromatic carbocycles. The number of nitrogens with one attached hydrogen (secondary N) is 1. The molecule has 2 aliphatic rings. The fourth-order valence-corrected chi connectivity index (χ4v) is 2.37. The van der Waals surface area contributed by atoms with Gasteiger partial charge in [-0.05, 0) is 18.8 Å². The molecule has 5 heteroatoms. The topological polar surface area (TPSA) is 69.6 Å². The molecule has 0 aromatic heterocycles. The summed E-state index contributed by atoms with van der Waals surface area (Å²) in [5, 5.41) is 12.0. The third-order valence-electron chi connectivity index (χ3n) is 3.85. The number of hydrogen-bond acceptors (Lipinski definition) is 3. The molecule has 1 saturated heterocycles. The normalized spacial score (nSPS) is 25.7.